The molecule has 1 aromatic carbocycles. The number of rotatable bonds is 6. The van der Waals surface area contributed by atoms with Gasteiger partial charge in [0, 0.05) is 12.5 Å². The molecule has 0 unspecified atom stereocenters. The third-order valence-electron chi connectivity index (χ3n) is 5.03. The Bertz CT molecular complexity index is 733. The number of amides is 1. The number of hydrogen-bond acceptors (Lipinski definition) is 3. The van der Waals surface area contributed by atoms with Gasteiger partial charge in [0.1, 0.15) is 11.6 Å². The first-order valence-corrected chi connectivity index (χ1v) is 9.64. The molecule has 0 bridgehead atoms. The molecule has 3 rings (SSSR count). The Labute approximate surface area is 154 Å². The maximum absolute atomic E-state index is 13.9. The Morgan fingerprint density at radius 3 is 2.69 bits per heavy atom. The first-order chi connectivity index (χ1) is 12.6. The second-order valence-corrected chi connectivity index (χ2v) is 7.11. The Kier molecular flexibility index (Phi) is 6.42. The molecule has 5 heteroatoms. The minimum Gasteiger partial charge on any atom is -0.441 e. The lowest BCUT2D eigenvalue weighted by Crippen LogP contribution is -2.34. The van der Waals surface area contributed by atoms with Gasteiger partial charge in [-0.3, -0.25) is 4.79 Å². The highest BCUT2D eigenvalue weighted by Crippen LogP contribution is 2.25. The Morgan fingerprint density at radius 1 is 1.23 bits per heavy atom. The van der Waals surface area contributed by atoms with E-state index in [0.29, 0.717) is 42.5 Å². The van der Waals surface area contributed by atoms with E-state index in [2.05, 4.69) is 10.3 Å². The van der Waals surface area contributed by atoms with Crippen molar-refractivity contribution >= 4 is 5.91 Å². The smallest absolute Gasteiger partial charge is 0.229 e. The van der Waals surface area contributed by atoms with Crippen molar-refractivity contribution in [3.63, 3.8) is 0 Å². The van der Waals surface area contributed by atoms with Crippen molar-refractivity contribution in [2.24, 2.45) is 0 Å². The van der Waals surface area contributed by atoms with E-state index in [1.165, 1.54) is 31.7 Å². The molecule has 1 saturated carbocycles. The summed E-state index contributed by atoms with van der Waals surface area (Å²) >= 11 is 0. The monoisotopic (exact) mass is 358 g/mol. The minimum atomic E-state index is -0.344. The summed E-state index contributed by atoms with van der Waals surface area (Å²) < 4.78 is 19.5. The van der Waals surface area contributed by atoms with E-state index in [0.717, 1.165) is 18.5 Å². The standard InChI is InChI=1S/C21H27FN2O2/c1-15-19(24-21(26-15)17-11-6-7-12-18(17)22)13-8-14-20(25)23-16-9-4-2-3-5-10-16/h6-7,11-12,16H,2-5,8-10,13-14H2,1H3,(H,23,25). The molecule has 0 radical (unpaired) electrons. The number of aryl methyl sites for hydroxylation is 2. The van der Waals surface area contributed by atoms with E-state index in [-0.39, 0.29) is 11.7 Å². The molecular formula is C21H27FN2O2. The number of hydrogen-bond donors (Lipinski definition) is 1. The highest BCUT2D eigenvalue weighted by molar-refractivity contribution is 5.76. The van der Waals surface area contributed by atoms with Gasteiger partial charge >= 0.3 is 0 Å². The number of nitrogens with one attached hydrogen (secondary N) is 1. The largest absolute Gasteiger partial charge is 0.441 e. The number of carbonyl (C=O) groups is 1. The fraction of sp³-hybridized carbons (Fsp3) is 0.524. The van der Waals surface area contributed by atoms with Crippen LogP contribution in [0, 0.1) is 12.7 Å². The first-order valence-electron chi connectivity index (χ1n) is 9.64. The molecule has 2 aromatic rings. The van der Waals surface area contributed by atoms with Crippen LogP contribution in [0.1, 0.15) is 62.8 Å². The van der Waals surface area contributed by atoms with Gasteiger partial charge in [0.05, 0.1) is 11.3 Å². The van der Waals surface area contributed by atoms with E-state index < -0.39 is 0 Å². The van der Waals surface area contributed by atoms with E-state index in [4.69, 9.17) is 4.42 Å². The van der Waals surface area contributed by atoms with Crippen LogP contribution in [0.15, 0.2) is 28.7 Å². The van der Waals surface area contributed by atoms with E-state index in [1.807, 2.05) is 6.92 Å². The van der Waals surface area contributed by atoms with Crippen molar-refractivity contribution in [2.75, 3.05) is 0 Å². The van der Waals surface area contributed by atoms with Crippen LogP contribution in [-0.2, 0) is 11.2 Å². The highest BCUT2D eigenvalue weighted by Gasteiger charge is 2.16. The SMILES string of the molecule is Cc1oc(-c2ccccc2F)nc1CCCC(=O)NC1CCCCCC1. The van der Waals surface area contributed by atoms with Crippen LogP contribution in [0.3, 0.4) is 0 Å². The quantitative estimate of drug-likeness (QED) is 0.743. The molecule has 140 valence electrons. The molecular weight excluding hydrogens is 331 g/mol. The van der Waals surface area contributed by atoms with Crippen molar-refractivity contribution < 1.29 is 13.6 Å². The molecule has 4 nitrogen and oxygen atoms in total. The molecule has 1 fully saturated rings. The zero-order valence-corrected chi connectivity index (χ0v) is 15.4. The molecule has 0 saturated heterocycles. The molecule has 1 aliphatic rings. The van der Waals surface area contributed by atoms with E-state index in [1.54, 1.807) is 18.2 Å². The summed E-state index contributed by atoms with van der Waals surface area (Å²) in [4.78, 5) is 16.6. The molecule has 1 aromatic heterocycles. The van der Waals surface area contributed by atoms with Crippen LogP contribution in [0.2, 0.25) is 0 Å². The van der Waals surface area contributed by atoms with E-state index >= 15 is 0 Å². The predicted molar refractivity (Wildman–Crippen MR) is 99.2 cm³/mol. The van der Waals surface area contributed by atoms with Gasteiger partial charge in [-0.1, -0.05) is 37.8 Å². The number of oxazole rings is 1. The summed E-state index contributed by atoms with van der Waals surface area (Å²) in [6, 6.07) is 6.79. The fourth-order valence-corrected chi connectivity index (χ4v) is 3.55. The Balaban J connectivity index is 1.50. The average Bonchev–Trinajstić information content (AvgIpc) is 2.82. The summed E-state index contributed by atoms with van der Waals surface area (Å²) in [5.41, 5.74) is 1.17. The first kappa shape index (κ1) is 18.6. The molecule has 1 N–H and O–H groups in total. The minimum absolute atomic E-state index is 0.118. The van der Waals surface area contributed by atoms with Crippen LogP contribution < -0.4 is 5.32 Å². The van der Waals surface area contributed by atoms with Gasteiger partial charge in [-0.05, 0) is 44.7 Å². The summed E-state index contributed by atoms with van der Waals surface area (Å²) in [6.45, 7) is 1.83. The third-order valence-corrected chi connectivity index (χ3v) is 5.03. The van der Waals surface area contributed by atoms with Gasteiger partial charge in [-0.2, -0.15) is 0 Å². The molecule has 0 atom stereocenters. The molecule has 26 heavy (non-hydrogen) atoms. The van der Waals surface area contributed by atoms with Crippen LogP contribution in [0.25, 0.3) is 11.5 Å². The number of halogens is 1. The summed E-state index contributed by atoms with van der Waals surface area (Å²) in [6.07, 6.45) is 9.02. The number of aromatic nitrogens is 1. The number of nitrogens with zero attached hydrogens (tertiary/aromatic N) is 1. The lowest BCUT2D eigenvalue weighted by atomic mass is 10.1. The maximum atomic E-state index is 13.9. The topological polar surface area (TPSA) is 55.1 Å². The predicted octanol–water partition coefficient (Wildman–Crippen LogP) is 4.95. The summed E-state index contributed by atoms with van der Waals surface area (Å²) in [5.74, 6) is 0.765. The fourth-order valence-electron chi connectivity index (χ4n) is 3.55. The normalized spacial score (nSPS) is 15.6. The zero-order valence-electron chi connectivity index (χ0n) is 15.4. The van der Waals surface area contributed by atoms with E-state index in [9.17, 15) is 9.18 Å². The van der Waals surface area contributed by atoms with Crippen molar-refractivity contribution in [1.29, 1.82) is 0 Å². The lowest BCUT2D eigenvalue weighted by Gasteiger charge is -2.15. The molecule has 1 aliphatic carbocycles. The number of carbonyl (C=O) groups excluding carboxylic acids is 1. The zero-order chi connectivity index (χ0) is 18.4. The van der Waals surface area contributed by atoms with Crippen molar-refractivity contribution in [3.05, 3.63) is 41.5 Å². The van der Waals surface area contributed by atoms with Crippen LogP contribution >= 0.6 is 0 Å². The van der Waals surface area contributed by atoms with Crippen molar-refractivity contribution in [1.82, 2.24) is 10.3 Å². The van der Waals surface area contributed by atoms with Crippen LogP contribution in [0.5, 0.6) is 0 Å². The van der Waals surface area contributed by atoms with Crippen LogP contribution in [-0.4, -0.2) is 16.9 Å². The molecule has 0 aliphatic heterocycles. The van der Waals surface area contributed by atoms with Crippen molar-refractivity contribution in [2.45, 2.75) is 70.8 Å². The lowest BCUT2D eigenvalue weighted by molar-refractivity contribution is -0.122. The van der Waals surface area contributed by atoms with Gasteiger partial charge in [0.25, 0.3) is 0 Å². The molecule has 0 spiro atoms. The van der Waals surface area contributed by atoms with Gasteiger partial charge in [-0.15, -0.1) is 0 Å². The van der Waals surface area contributed by atoms with Gasteiger partial charge in [0.2, 0.25) is 11.8 Å². The van der Waals surface area contributed by atoms with Gasteiger partial charge < -0.3 is 9.73 Å². The van der Waals surface area contributed by atoms with Gasteiger partial charge in [-0.25, -0.2) is 9.37 Å². The van der Waals surface area contributed by atoms with Gasteiger partial charge in [0.15, 0.2) is 0 Å². The summed E-state index contributed by atoms with van der Waals surface area (Å²) in [7, 11) is 0. The summed E-state index contributed by atoms with van der Waals surface area (Å²) in [5, 5.41) is 3.17. The van der Waals surface area contributed by atoms with Crippen molar-refractivity contribution in [3.8, 4) is 11.5 Å². The second kappa shape index (κ2) is 8.97. The highest BCUT2D eigenvalue weighted by atomic mass is 19.1. The third kappa shape index (κ3) is 4.93. The maximum Gasteiger partial charge on any atom is 0.229 e. The molecule has 1 heterocycles. The Hall–Kier alpha value is -2.17. The molecule has 1 amide bonds. The average molecular weight is 358 g/mol. The second-order valence-electron chi connectivity index (χ2n) is 7.11. The van der Waals surface area contributed by atoms with Crippen LogP contribution in [0.4, 0.5) is 4.39 Å². The number of benzene rings is 1. The Morgan fingerprint density at radius 2 is 1.96 bits per heavy atom.